The van der Waals surface area contributed by atoms with Crippen LogP contribution in [0.15, 0.2) is 60.7 Å². The summed E-state index contributed by atoms with van der Waals surface area (Å²) in [6.07, 6.45) is 0. The second kappa shape index (κ2) is 9.26. The lowest BCUT2D eigenvalue weighted by molar-refractivity contribution is 0.458. The zero-order valence-corrected chi connectivity index (χ0v) is 21.0. The largest absolute Gasteiger partial charge is 0.508 e. The summed E-state index contributed by atoms with van der Waals surface area (Å²) < 4.78 is 6.24. The van der Waals surface area contributed by atoms with Crippen LogP contribution in [0.2, 0.25) is 0 Å². The van der Waals surface area contributed by atoms with Gasteiger partial charge in [0, 0.05) is 22.9 Å². The van der Waals surface area contributed by atoms with Gasteiger partial charge in [-0.2, -0.15) is 0 Å². The van der Waals surface area contributed by atoms with E-state index in [1.807, 2.05) is 84.0 Å². The van der Waals surface area contributed by atoms with Gasteiger partial charge in [0.05, 0.1) is 11.4 Å². The van der Waals surface area contributed by atoms with Gasteiger partial charge < -0.3 is 25.0 Å². The van der Waals surface area contributed by atoms with E-state index in [0.29, 0.717) is 11.5 Å². The second-order valence-corrected chi connectivity index (χ2v) is 9.09. The Morgan fingerprint density at radius 3 is 1.71 bits per heavy atom. The van der Waals surface area contributed by atoms with Crippen LogP contribution in [0, 0.1) is 41.5 Å². The van der Waals surface area contributed by atoms with Gasteiger partial charge in [0.15, 0.2) is 0 Å². The third-order valence-electron chi connectivity index (χ3n) is 6.45. The summed E-state index contributed by atoms with van der Waals surface area (Å²) >= 11 is 0. The maximum absolute atomic E-state index is 10.6. The molecular weight excluding hydrogens is 438 g/mol. The van der Waals surface area contributed by atoms with Gasteiger partial charge in [0.2, 0.25) is 0 Å². The molecule has 0 aromatic heterocycles. The van der Waals surface area contributed by atoms with Gasteiger partial charge in [0.25, 0.3) is 0 Å². The number of anilines is 3. The zero-order chi connectivity index (χ0) is 25.4. The predicted molar refractivity (Wildman–Crippen MR) is 141 cm³/mol. The number of phenols is 3. The lowest BCUT2D eigenvalue weighted by Crippen LogP contribution is -2.15. The van der Waals surface area contributed by atoms with Crippen molar-refractivity contribution < 1.29 is 20.1 Å². The van der Waals surface area contributed by atoms with Gasteiger partial charge in [-0.3, -0.25) is 0 Å². The molecule has 0 aliphatic heterocycles. The highest BCUT2D eigenvalue weighted by molar-refractivity contribution is 5.85. The number of aromatic hydroxyl groups is 3. The van der Waals surface area contributed by atoms with Gasteiger partial charge in [-0.15, -0.1) is 0 Å². The SMILES string of the molecule is Cc1cc(Oc2cccc(N(c3c(C)ccc(O)c3C)c3c(C)ccc(O)c3C)c2)c(C)cc1O. The van der Waals surface area contributed by atoms with E-state index in [0.717, 1.165) is 50.4 Å². The molecule has 0 fully saturated rings. The number of benzene rings is 4. The van der Waals surface area contributed by atoms with Crippen molar-refractivity contribution in [3.8, 4) is 28.7 Å². The number of hydrogen-bond acceptors (Lipinski definition) is 5. The molecule has 0 saturated carbocycles. The Morgan fingerprint density at radius 1 is 0.571 bits per heavy atom. The summed E-state index contributed by atoms with van der Waals surface area (Å²) in [7, 11) is 0. The van der Waals surface area contributed by atoms with Crippen LogP contribution >= 0.6 is 0 Å². The van der Waals surface area contributed by atoms with E-state index in [1.54, 1.807) is 18.2 Å². The lowest BCUT2D eigenvalue weighted by Gasteiger charge is -2.32. The highest BCUT2D eigenvalue weighted by Crippen LogP contribution is 2.46. The van der Waals surface area contributed by atoms with Crippen molar-refractivity contribution in [2.24, 2.45) is 0 Å². The minimum absolute atomic E-state index is 0.202. The van der Waals surface area contributed by atoms with Crippen molar-refractivity contribution in [3.05, 3.63) is 94.0 Å². The Labute approximate surface area is 206 Å². The summed E-state index contributed by atoms with van der Waals surface area (Å²) in [6, 6.07) is 18.4. The monoisotopic (exact) mass is 469 g/mol. The molecule has 0 spiro atoms. The van der Waals surface area contributed by atoms with E-state index in [2.05, 4.69) is 4.90 Å². The molecule has 3 N–H and O–H groups in total. The molecule has 4 aromatic rings. The standard InChI is InChI=1S/C30H31NO4/c1-17-10-12-25(32)21(5)29(17)31(30-18(2)11-13-26(33)22(30)6)23-8-7-9-24(16-23)35-28-15-19(3)27(34)14-20(28)4/h7-16,32-34H,1-6H3. The van der Waals surface area contributed by atoms with Crippen molar-refractivity contribution in [1.82, 2.24) is 0 Å². The van der Waals surface area contributed by atoms with Gasteiger partial charge in [-0.05, 0) is 100 Å². The van der Waals surface area contributed by atoms with Crippen molar-refractivity contribution in [3.63, 3.8) is 0 Å². The van der Waals surface area contributed by atoms with E-state index < -0.39 is 0 Å². The third-order valence-corrected chi connectivity index (χ3v) is 6.45. The van der Waals surface area contributed by atoms with Gasteiger partial charge in [-0.1, -0.05) is 18.2 Å². The quantitative estimate of drug-likeness (QED) is 0.277. The number of aryl methyl sites for hydroxylation is 4. The summed E-state index contributed by atoms with van der Waals surface area (Å²) in [6.45, 7) is 11.5. The number of nitrogens with zero attached hydrogens (tertiary/aromatic N) is 1. The smallest absolute Gasteiger partial charge is 0.130 e. The Balaban J connectivity index is 1.92. The van der Waals surface area contributed by atoms with Crippen LogP contribution in [-0.4, -0.2) is 15.3 Å². The summed E-state index contributed by atoms with van der Waals surface area (Å²) in [5.74, 6) is 1.94. The molecule has 0 radical (unpaired) electrons. The van der Waals surface area contributed by atoms with E-state index >= 15 is 0 Å². The maximum Gasteiger partial charge on any atom is 0.130 e. The first-order chi connectivity index (χ1) is 16.6. The highest BCUT2D eigenvalue weighted by Gasteiger charge is 2.23. The molecule has 35 heavy (non-hydrogen) atoms. The molecule has 0 aliphatic carbocycles. The summed E-state index contributed by atoms with van der Waals surface area (Å²) in [4.78, 5) is 2.07. The van der Waals surface area contributed by atoms with Gasteiger partial charge >= 0.3 is 0 Å². The molecule has 5 nitrogen and oxygen atoms in total. The minimum Gasteiger partial charge on any atom is -0.508 e. The fourth-order valence-corrected chi connectivity index (χ4v) is 4.41. The van der Waals surface area contributed by atoms with E-state index in [4.69, 9.17) is 4.74 Å². The number of phenolic OH excluding ortho intramolecular Hbond substituents is 3. The van der Waals surface area contributed by atoms with E-state index in [-0.39, 0.29) is 17.2 Å². The average molecular weight is 470 g/mol. The second-order valence-electron chi connectivity index (χ2n) is 9.09. The van der Waals surface area contributed by atoms with Crippen LogP contribution in [0.3, 0.4) is 0 Å². The normalized spacial score (nSPS) is 10.9. The van der Waals surface area contributed by atoms with Crippen molar-refractivity contribution in [2.45, 2.75) is 41.5 Å². The fourth-order valence-electron chi connectivity index (χ4n) is 4.41. The molecular formula is C30H31NO4. The molecule has 5 heteroatoms. The van der Waals surface area contributed by atoms with Crippen LogP contribution in [0.5, 0.6) is 28.7 Å². The molecule has 4 aromatic carbocycles. The molecule has 180 valence electrons. The Morgan fingerprint density at radius 2 is 1.14 bits per heavy atom. The van der Waals surface area contributed by atoms with Crippen molar-refractivity contribution in [2.75, 3.05) is 4.90 Å². The van der Waals surface area contributed by atoms with Gasteiger partial charge in [-0.25, -0.2) is 0 Å². The summed E-state index contributed by atoms with van der Waals surface area (Å²) in [5, 5.41) is 31.1. The molecule has 0 aliphatic rings. The number of ether oxygens (including phenoxy) is 1. The Bertz CT molecular complexity index is 1370. The molecule has 4 rings (SSSR count). The minimum atomic E-state index is 0.202. The molecule has 0 bridgehead atoms. The Hall–Kier alpha value is -4.12. The highest BCUT2D eigenvalue weighted by atomic mass is 16.5. The fraction of sp³-hybridized carbons (Fsp3) is 0.200. The van der Waals surface area contributed by atoms with Crippen LogP contribution in [0.4, 0.5) is 17.1 Å². The molecule has 0 saturated heterocycles. The maximum atomic E-state index is 10.6. The molecule has 0 amide bonds. The summed E-state index contributed by atoms with van der Waals surface area (Å²) in [5.41, 5.74) is 7.52. The third kappa shape index (κ3) is 4.50. The molecule has 0 heterocycles. The Kier molecular flexibility index (Phi) is 6.35. The predicted octanol–water partition coefficient (Wildman–Crippen LogP) is 7.92. The van der Waals surface area contributed by atoms with E-state index in [1.165, 1.54) is 0 Å². The van der Waals surface area contributed by atoms with Crippen LogP contribution in [0.25, 0.3) is 0 Å². The zero-order valence-electron chi connectivity index (χ0n) is 21.0. The number of rotatable bonds is 5. The first-order valence-electron chi connectivity index (χ1n) is 11.5. The van der Waals surface area contributed by atoms with Crippen LogP contribution in [-0.2, 0) is 0 Å². The van der Waals surface area contributed by atoms with Crippen molar-refractivity contribution in [1.29, 1.82) is 0 Å². The molecule has 0 unspecified atom stereocenters. The lowest BCUT2D eigenvalue weighted by atomic mass is 10.0. The molecule has 0 atom stereocenters. The first kappa shape index (κ1) is 24.0. The average Bonchev–Trinajstić information content (AvgIpc) is 2.82. The van der Waals surface area contributed by atoms with Crippen LogP contribution < -0.4 is 9.64 Å². The topological polar surface area (TPSA) is 73.2 Å². The number of hydrogen-bond donors (Lipinski definition) is 3. The van der Waals surface area contributed by atoms with Gasteiger partial charge in [0.1, 0.15) is 28.7 Å². The van der Waals surface area contributed by atoms with E-state index in [9.17, 15) is 15.3 Å². The van der Waals surface area contributed by atoms with Crippen LogP contribution in [0.1, 0.15) is 33.4 Å². The van der Waals surface area contributed by atoms with Crippen molar-refractivity contribution >= 4 is 17.1 Å². The first-order valence-corrected chi connectivity index (χ1v) is 11.5.